The lowest BCUT2D eigenvalue weighted by Crippen LogP contribution is -2.24. The lowest BCUT2D eigenvalue weighted by atomic mass is 9.85. The number of carbonyl (C=O) groups is 2. The van der Waals surface area contributed by atoms with E-state index in [0.29, 0.717) is 30.1 Å². The Morgan fingerprint density at radius 3 is 2.61 bits per heavy atom. The van der Waals surface area contributed by atoms with Crippen LogP contribution in [0.2, 0.25) is 5.02 Å². The van der Waals surface area contributed by atoms with Gasteiger partial charge in [0.15, 0.2) is 6.20 Å². The number of fused-ring (bicyclic) bond motifs is 1. The summed E-state index contributed by atoms with van der Waals surface area (Å²) in [6, 6.07) is 11.3. The number of nitrogens with zero attached hydrogens (tertiary/aromatic N) is 2. The van der Waals surface area contributed by atoms with E-state index in [-0.39, 0.29) is 24.5 Å². The van der Waals surface area contributed by atoms with Gasteiger partial charge in [-0.3, -0.25) is 9.59 Å². The minimum Gasteiger partial charge on any atom is -0.481 e. The predicted molar refractivity (Wildman–Crippen MR) is 119 cm³/mol. The van der Waals surface area contributed by atoms with Gasteiger partial charge in [0, 0.05) is 19.3 Å². The molecule has 3 rings (SSSR count). The normalized spacial score (nSPS) is 17.4. The molecule has 0 aliphatic carbocycles. The van der Waals surface area contributed by atoms with Gasteiger partial charge >= 0.3 is 11.8 Å². The molecule has 2 N–H and O–H groups in total. The van der Waals surface area contributed by atoms with Gasteiger partial charge in [0.25, 0.3) is 0 Å². The molecular weight excluding hydrogens is 416 g/mol. The summed E-state index contributed by atoms with van der Waals surface area (Å²) in [5, 5.41) is 20.0. The number of aromatic nitrogens is 1. The van der Waals surface area contributed by atoms with E-state index in [9.17, 15) is 14.7 Å². The first-order chi connectivity index (χ1) is 14.8. The van der Waals surface area contributed by atoms with Crippen molar-refractivity contribution in [2.75, 3.05) is 7.05 Å². The van der Waals surface area contributed by atoms with E-state index >= 15 is 0 Å². The third-order valence-electron chi connectivity index (χ3n) is 5.74. The van der Waals surface area contributed by atoms with Crippen molar-refractivity contribution >= 4 is 34.9 Å². The Bertz CT molecular complexity index is 990. The van der Waals surface area contributed by atoms with Gasteiger partial charge in [0.1, 0.15) is 11.7 Å². The highest BCUT2D eigenvalue weighted by Crippen LogP contribution is 2.38. The molecule has 0 saturated heterocycles. The number of hydrogen-bond donors (Lipinski definition) is 2. The van der Waals surface area contributed by atoms with Crippen LogP contribution in [0.15, 0.2) is 42.6 Å². The van der Waals surface area contributed by atoms with Crippen molar-refractivity contribution in [3.8, 4) is 0 Å². The highest BCUT2D eigenvalue weighted by Gasteiger charge is 2.41. The van der Waals surface area contributed by atoms with E-state index in [2.05, 4.69) is 4.98 Å². The zero-order valence-electron chi connectivity index (χ0n) is 17.8. The summed E-state index contributed by atoms with van der Waals surface area (Å²) in [5.74, 6) is -0.980. The van der Waals surface area contributed by atoms with Crippen LogP contribution in [0.1, 0.15) is 62.2 Å². The van der Waals surface area contributed by atoms with Crippen LogP contribution in [-0.4, -0.2) is 44.3 Å². The second-order valence-corrected chi connectivity index (χ2v) is 8.68. The summed E-state index contributed by atoms with van der Waals surface area (Å²) in [4.78, 5) is 28.7. The van der Waals surface area contributed by atoms with E-state index in [4.69, 9.17) is 16.7 Å². The lowest BCUT2D eigenvalue weighted by Gasteiger charge is -2.16. The highest BCUT2D eigenvalue weighted by molar-refractivity contribution is 6.30. The first-order valence-corrected chi connectivity index (χ1v) is 10.9. The maximum Gasteiger partial charge on any atom is 0.327 e. The summed E-state index contributed by atoms with van der Waals surface area (Å²) < 4.78 is 1.94. The van der Waals surface area contributed by atoms with Crippen molar-refractivity contribution < 1.29 is 24.4 Å². The Morgan fingerprint density at radius 1 is 1.23 bits per heavy atom. The Morgan fingerprint density at radius 2 is 1.94 bits per heavy atom. The smallest absolute Gasteiger partial charge is 0.327 e. The minimum absolute atomic E-state index is 0.0259. The summed E-state index contributed by atoms with van der Waals surface area (Å²) in [6.45, 7) is 1.78. The van der Waals surface area contributed by atoms with Crippen molar-refractivity contribution in [3.63, 3.8) is 0 Å². The summed E-state index contributed by atoms with van der Waals surface area (Å²) in [5.41, 5.74) is 2.55. The molecule has 164 valence electrons. The van der Waals surface area contributed by atoms with Gasteiger partial charge in [0.2, 0.25) is 0 Å². The van der Waals surface area contributed by atoms with Gasteiger partial charge < -0.3 is 10.2 Å². The van der Waals surface area contributed by atoms with E-state index in [0.717, 1.165) is 16.8 Å². The predicted octanol–water partition coefficient (Wildman–Crippen LogP) is 4.52. The highest BCUT2D eigenvalue weighted by atomic mass is 35.5. The van der Waals surface area contributed by atoms with E-state index in [1.807, 2.05) is 42.0 Å². The summed E-state index contributed by atoms with van der Waals surface area (Å²) >= 11 is 6.16. The second kappa shape index (κ2) is 10.2. The van der Waals surface area contributed by atoms with Gasteiger partial charge in [-0.1, -0.05) is 48.9 Å². The number of hydrogen-bond acceptors (Lipinski definition) is 4. The molecule has 0 amide bonds. The fourth-order valence-electron chi connectivity index (χ4n) is 4.27. The van der Waals surface area contributed by atoms with Crippen LogP contribution in [0.5, 0.6) is 0 Å². The van der Waals surface area contributed by atoms with Crippen molar-refractivity contribution in [1.29, 1.82) is 0 Å². The first kappa shape index (κ1) is 23.1. The number of benzene rings is 1. The van der Waals surface area contributed by atoms with Gasteiger partial charge in [-0.15, -0.1) is 0 Å². The number of aliphatic hydroxyl groups is 1. The number of carbonyl (C=O) groups excluding carboxylic acids is 1. The van der Waals surface area contributed by atoms with E-state index in [1.165, 1.54) is 0 Å². The summed E-state index contributed by atoms with van der Waals surface area (Å²) in [7, 11) is 1.89. The molecule has 1 aromatic carbocycles. The van der Waals surface area contributed by atoms with Crippen LogP contribution in [0.25, 0.3) is 0 Å². The molecule has 1 aromatic heterocycles. The van der Waals surface area contributed by atoms with Crippen molar-refractivity contribution in [1.82, 2.24) is 4.98 Å². The minimum atomic E-state index is -0.909. The average Bonchev–Trinajstić information content (AvgIpc) is 2.99. The van der Waals surface area contributed by atoms with Crippen LogP contribution in [0.3, 0.4) is 0 Å². The van der Waals surface area contributed by atoms with Crippen LogP contribution >= 0.6 is 11.6 Å². The van der Waals surface area contributed by atoms with Crippen LogP contribution in [0.4, 0.5) is 5.82 Å². The molecule has 3 atom stereocenters. The third-order valence-corrected chi connectivity index (χ3v) is 5.95. The van der Waals surface area contributed by atoms with Gasteiger partial charge in [-0.25, -0.2) is 4.58 Å². The molecule has 0 saturated carbocycles. The SMILES string of the molecule is CC(CC(=O)O)CC(=O)C1C(CCCC(O)c2ccccc2)=[N+](C)c2ncc(Cl)cc21. The van der Waals surface area contributed by atoms with Crippen molar-refractivity contribution in [3.05, 3.63) is 58.7 Å². The maximum atomic E-state index is 13.2. The molecule has 31 heavy (non-hydrogen) atoms. The number of aliphatic hydroxyl groups excluding tert-OH is 1. The topological polar surface area (TPSA) is 90.5 Å². The fraction of sp³-hybridized carbons (Fsp3) is 0.417. The molecule has 6 nitrogen and oxygen atoms in total. The second-order valence-electron chi connectivity index (χ2n) is 8.24. The van der Waals surface area contributed by atoms with Gasteiger partial charge in [0.05, 0.1) is 29.4 Å². The quantitative estimate of drug-likeness (QED) is 0.527. The average molecular weight is 444 g/mol. The monoisotopic (exact) mass is 443 g/mol. The van der Waals surface area contributed by atoms with Crippen LogP contribution in [0, 0.1) is 5.92 Å². The van der Waals surface area contributed by atoms with Crippen molar-refractivity contribution in [2.24, 2.45) is 5.92 Å². The zero-order valence-corrected chi connectivity index (χ0v) is 18.5. The van der Waals surface area contributed by atoms with Crippen LogP contribution in [-0.2, 0) is 9.59 Å². The number of carboxylic acids is 1. The van der Waals surface area contributed by atoms with Gasteiger partial charge in [-0.2, -0.15) is 0 Å². The standard InChI is InChI=1S/C24H27ClN2O4/c1-15(12-22(30)31)11-21(29)23-18-13-17(25)14-26-24(18)27(2)19(23)9-6-10-20(28)16-7-4-3-5-8-16/h3-5,7-8,13-15,20,23,28H,6,9-12H2,1-2H3/p+1. The number of ketones is 1. The number of pyridine rings is 1. The molecule has 0 bridgehead atoms. The van der Waals surface area contributed by atoms with Crippen LogP contribution < -0.4 is 0 Å². The largest absolute Gasteiger partial charge is 0.481 e. The number of aliphatic carboxylic acids is 1. The molecular formula is C24H28ClN2O4+. The molecule has 0 radical (unpaired) electrons. The first-order valence-electron chi connectivity index (χ1n) is 10.5. The molecule has 0 fully saturated rings. The van der Waals surface area contributed by atoms with E-state index in [1.54, 1.807) is 19.2 Å². The summed E-state index contributed by atoms with van der Waals surface area (Å²) in [6.07, 6.45) is 3.02. The Hall–Kier alpha value is -2.57. The molecule has 2 heterocycles. The Kier molecular flexibility index (Phi) is 7.57. The Labute approximate surface area is 187 Å². The number of carboxylic acid groups (broad SMARTS) is 1. The fourth-order valence-corrected chi connectivity index (χ4v) is 4.44. The Balaban J connectivity index is 1.77. The molecule has 0 spiro atoms. The van der Waals surface area contributed by atoms with E-state index < -0.39 is 18.0 Å². The molecule has 2 aromatic rings. The molecule has 1 aliphatic rings. The third kappa shape index (κ3) is 5.57. The number of Topliss-reactive ketones (excluding diaryl/α,β-unsaturated/α-hetero) is 1. The zero-order chi connectivity index (χ0) is 22.5. The molecule has 3 unspecified atom stereocenters. The number of halogens is 1. The number of rotatable bonds is 10. The van der Waals surface area contributed by atoms with Crippen molar-refractivity contribution in [2.45, 2.75) is 51.0 Å². The molecule has 7 heteroatoms. The van der Waals surface area contributed by atoms with Gasteiger partial charge in [-0.05, 0) is 35.4 Å². The maximum absolute atomic E-state index is 13.2. The lowest BCUT2D eigenvalue weighted by molar-refractivity contribution is -0.407. The molecule has 1 aliphatic heterocycles.